The van der Waals surface area contributed by atoms with Crippen molar-refractivity contribution < 1.29 is 17.2 Å². The number of hydrogen-bond donors (Lipinski definition) is 0. The molecule has 0 aliphatic heterocycles. The van der Waals surface area contributed by atoms with E-state index in [1.807, 2.05) is 6.08 Å². The zero-order valence-corrected chi connectivity index (χ0v) is 17.1. The van der Waals surface area contributed by atoms with Crippen LogP contribution in [0.15, 0.2) is 23.8 Å². The van der Waals surface area contributed by atoms with Gasteiger partial charge in [0, 0.05) is 26.7 Å². The number of rotatable bonds is 5. The van der Waals surface area contributed by atoms with Crippen LogP contribution in [0.4, 0.5) is 0 Å². The minimum absolute atomic E-state index is 0. The molecule has 3 saturated carbocycles. The predicted octanol–water partition coefficient (Wildman–Crippen LogP) is 5.54. The molecule has 3 nitrogen and oxygen atoms in total. The van der Waals surface area contributed by atoms with Gasteiger partial charge in [0.1, 0.15) is 5.78 Å². The van der Waals surface area contributed by atoms with E-state index in [1.165, 1.54) is 18.4 Å². The topological polar surface area (TPSA) is 43.4 Å². The molecule has 4 aliphatic carbocycles. The highest BCUT2D eigenvalue weighted by Crippen LogP contribution is 2.63. The highest BCUT2D eigenvalue weighted by molar-refractivity contribution is 6.01. The summed E-state index contributed by atoms with van der Waals surface area (Å²) in [4.78, 5) is 24.8. The molecule has 3 heteroatoms. The summed E-state index contributed by atoms with van der Waals surface area (Å²) in [5, 5.41) is 0. The summed E-state index contributed by atoms with van der Waals surface area (Å²) in [6, 6.07) is 0. The average molecular weight is 375 g/mol. The van der Waals surface area contributed by atoms with Gasteiger partial charge in [0.2, 0.25) is 0 Å². The zero-order chi connectivity index (χ0) is 19.2. The molecule has 0 heterocycles. The van der Waals surface area contributed by atoms with Gasteiger partial charge in [-0.1, -0.05) is 39.7 Å². The van der Waals surface area contributed by atoms with Crippen LogP contribution in [0.2, 0.25) is 0 Å². The van der Waals surface area contributed by atoms with E-state index in [9.17, 15) is 9.59 Å². The van der Waals surface area contributed by atoms with Gasteiger partial charge in [0.25, 0.3) is 0 Å². The SMILES string of the molecule is CCCCCO[C@@H]1C[C@@H]2C(CC[C@]3(C)C(=O)CCC23)C2(C)C=CC(=O)C=C12.[HH].[HH]. The second-order valence-electron chi connectivity index (χ2n) is 9.72. The van der Waals surface area contributed by atoms with Gasteiger partial charge in [-0.15, -0.1) is 0 Å². The van der Waals surface area contributed by atoms with E-state index in [4.69, 9.17) is 4.74 Å². The lowest BCUT2D eigenvalue weighted by molar-refractivity contribution is -0.133. The number of ether oxygens (including phenoxy) is 1. The van der Waals surface area contributed by atoms with Crippen LogP contribution in [0.1, 0.15) is 75.0 Å². The fourth-order valence-corrected chi connectivity index (χ4v) is 6.73. The maximum Gasteiger partial charge on any atom is 0.178 e. The third-order valence-electron chi connectivity index (χ3n) is 8.33. The second kappa shape index (κ2) is 6.99. The maximum absolute atomic E-state index is 12.6. The van der Waals surface area contributed by atoms with Crippen LogP contribution in [-0.4, -0.2) is 24.3 Å². The fraction of sp³-hybridized carbons (Fsp3) is 0.750. The van der Waals surface area contributed by atoms with E-state index in [2.05, 4.69) is 26.8 Å². The first-order chi connectivity index (χ1) is 12.9. The first kappa shape index (κ1) is 19.1. The molecule has 3 fully saturated rings. The number of unbranched alkanes of at least 4 members (excludes halogenated alkanes) is 2. The largest absolute Gasteiger partial charge is 0.374 e. The molecule has 6 atom stereocenters. The van der Waals surface area contributed by atoms with Crippen molar-refractivity contribution in [1.82, 2.24) is 0 Å². The molecule has 0 spiro atoms. The number of fused-ring (bicyclic) bond motifs is 5. The second-order valence-corrected chi connectivity index (χ2v) is 9.72. The maximum atomic E-state index is 12.6. The van der Waals surface area contributed by atoms with E-state index in [0.717, 1.165) is 45.1 Å². The first-order valence-corrected chi connectivity index (χ1v) is 11.0. The van der Waals surface area contributed by atoms with Gasteiger partial charge in [0.15, 0.2) is 5.78 Å². The van der Waals surface area contributed by atoms with E-state index in [1.54, 1.807) is 6.08 Å². The Hall–Kier alpha value is -1.22. The van der Waals surface area contributed by atoms with Crippen LogP contribution >= 0.6 is 0 Å². The van der Waals surface area contributed by atoms with E-state index in [0.29, 0.717) is 23.5 Å². The van der Waals surface area contributed by atoms with Crippen molar-refractivity contribution in [3.05, 3.63) is 23.8 Å². The van der Waals surface area contributed by atoms with E-state index < -0.39 is 0 Å². The third-order valence-corrected chi connectivity index (χ3v) is 8.33. The van der Waals surface area contributed by atoms with Crippen LogP contribution in [0.25, 0.3) is 0 Å². The summed E-state index contributed by atoms with van der Waals surface area (Å²) in [7, 11) is 0. The molecule has 3 unspecified atom stereocenters. The minimum Gasteiger partial charge on any atom is -0.374 e. The molecular weight excluding hydrogens is 336 g/mol. The molecule has 0 saturated heterocycles. The lowest BCUT2D eigenvalue weighted by Gasteiger charge is -2.57. The van der Waals surface area contributed by atoms with Crippen LogP contribution in [-0.2, 0) is 14.3 Å². The molecule has 0 radical (unpaired) electrons. The Kier molecular flexibility index (Phi) is 4.95. The zero-order valence-electron chi connectivity index (χ0n) is 17.1. The molecule has 152 valence electrons. The highest BCUT2D eigenvalue weighted by atomic mass is 16.5. The molecular formula is C24H38O3. The molecule has 0 bridgehead atoms. The number of hydrogen-bond acceptors (Lipinski definition) is 3. The van der Waals surface area contributed by atoms with Gasteiger partial charge in [-0.3, -0.25) is 9.59 Å². The summed E-state index contributed by atoms with van der Waals surface area (Å²) in [5.74, 6) is 2.10. The van der Waals surface area contributed by atoms with Crippen molar-refractivity contribution in [2.75, 3.05) is 6.61 Å². The fourth-order valence-electron chi connectivity index (χ4n) is 6.73. The van der Waals surface area contributed by atoms with Gasteiger partial charge >= 0.3 is 0 Å². The lowest BCUT2D eigenvalue weighted by atomic mass is 9.48. The molecule has 4 aliphatic rings. The third kappa shape index (κ3) is 2.97. The van der Waals surface area contributed by atoms with Crippen molar-refractivity contribution >= 4 is 11.6 Å². The molecule has 0 aromatic rings. The lowest BCUT2D eigenvalue weighted by Crippen LogP contribution is -2.53. The Labute approximate surface area is 166 Å². The van der Waals surface area contributed by atoms with Crippen molar-refractivity contribution in [2.45, 2.75) is 78.2 Å². The van der Waals surface area contributed by atoms with E-state index in [-0.39, 0.29) is 25.6 Å². The first-order valence-electron chi connectivity index (χ1n) is 11.0. The van der Waals surface area contributed by atoms with Crippen molar-refractivity contribution in [1.29, 1.82) is 0 Å². The van der Waals surface area contributed by atoms with E-state index >= 15 is 0 Å². The highest BCUT2D eigenvalue weighted by Gasteiger charge is 2.60. The summed E-state index contributed by atoms with van der Waals surface area (Å²) in [6.07, 6.45) is 14.1. The van der Waals surface area contributed by atoms with Crippen LogP contribution in [0.5, 0.6) is 0 Å². The molecule has 0 aromatic heterocycles. The van der Waals surface area contributed by atoms with Crippen molar-refractivity contribution in [3.63, 3.8) is 0 Å². The summed E-state index contributed by atoms with van der Waals surface area (Å²) in [5.41, 5.74) is 0.972. The molecule has 0 amide bonds. The summed E-state index contributed by atoms with van der Waals surface area (Å²) < 4.78 is 6.39. The summed E-state index contributed by atoms with van der Waals surface area (Å²) >= 11 is 0. The summed E-state index contributed by atoms with van der Waals surface area (Å²) in [6.45, 7) is 7.49. The quantitative estimate of drug-likeness (QED) is 0.593. The molecule has 4 rings (SSSR count). The number of carbonyl (C=O) groups excluding carboxylic acids is 2. The Bertz CT molecular complexity index is 700. The van der Waals surface area contributed by atoms with Gasteiger partial charge in [0.05, 0.1) is 6.10 Å². The van der Waals surface area contributed by atoms with Gasteiger partial charge in [-0.05, 0) is 67.6 Å². The number of carbonyl (C=O) groups is 2. The molecule has 0 N–H and O–H groups in total. The normalized spacial score (nSPS) is 43.1. The van der Waals surface area contributed by atoms with Crippen molar-refractivity contribution in [3.8, 4) is 0 Å². The van der Waals surface area contributed by atoms with Gasteiger partial charge < -0.3 is 4.74 Å². The van der Waals surface area contributed by atoms with Crippen LogP contribution in [0.3, 0.4) is 0 Å². The van der Waals surface area contributed by atoms with Gasteiger partial charge in [-0.25, -0.2) is 0 Å². The Balaban J connectivity index is 0.00000150. The molecule has 0 aromatic carbocycles. The smallest absolute Gasteiger partial charge is 0.178 e. The minimum atomic E-state index is -0.125. The standard InChI is InChI=1S/C24H34O3.2H2/c1-4-5-6-13-27-21-15-17-18-7-8-22(26)24(18,3)12-10-19(17)23(2)11-9-16(25)14-20(21)23;;/h9,11,14,17-19,21H,4-8,10,12-13,15H2,1-3H3;2*1H/t17-,18?,19?,21+,23?,24-;;/m0../s1. The average Bonchev–Trinajstić information content (AvgIpc) is 2.95. The molecule has 27 heavy (non-hydrogen) atoms. The van der Waals surface area contributed by atoms with Crippen molar-refractivity contribution in [2.24, 2.45) is 28.6 Å². The predicted molar refractivity (Wildman–Crippen MR) is 110 cm³/mol. The Morgan fingerprint density at radius 1 is 1.19 bits per heavy atom. The number of Topliss-reactive ketones (excluding diaryl/α,β-unsaturated/α-hetero) is 1. The number of allylic oxidation sites excluding steroid dienone is 3. The number of ketones is 2. The monoisotopic (exact) mass is 374 g/mol. The Morgan fingerprint density at radius 3 is 2.78 bits per heavy atom. The van der Waals surface area contributed by atoms with Crippen LogP contribution in [0, 0.1) is 28.6 Å². The van der Waals surface area contributed by atoms with Crippen LogP contribution < -0.4 is 0 Å². The van der Waals surface area contributed by atoms with Gasteiger partial charge in [-0.2, -0.15) is 0 Å². The Morgan fingerprint density at radius 2 is 2.00 bits per heavy atom.